The van der Waals surface area contributed by atoms with Crippen molar-refractivity contribution in [2.45, 2.75) is 6.92 Å². The molecule has 0 aliphatic heterocycles. The maximum absolute atomic E-state index is 13.1. The molecule has 3 nitrogen and oxygen atoms in total. The standard InChI is InChI=1S/C10H11FO3S/c1-2-15(13,14)7-10(12)8-5-3-4-6-9(8)11/h3-6H,2,7H2,1H3. The lowest BCUT2D eigenvalue weighted by molar-refractivity contribution is 0.101. The van der Waals surface area contributed by atoms with Gasteiger partial charge in [0.2, 0.25) is 0 Å². The summed E-state index contributed by atoms with van der Waals surface area (Å²) in [4.78, 5) is 11.4. The highest BCUT2D eigenvalue weighted by Crippen LogP contribution is 2.08. The van der Waals surface area contributed by atoms with Crippen LogP contribution in [-0.4, -0.2) is 25.7 Å². The van der Waals surface area contributed by atoms with E-state index in [0.29, 0.717) is 0 Å². The van der Waals surface area contributed by atoms with E-state index in [4.69, 9.17) is 0 Å². The lowest BCUT2D eigenvalue weighted by Crippen LogP contribution is -2.18. The van der Waals surface area contributed by atoms with E-state index in [1.807, 2.05) is 0 Å². The van der Waals surface area contributed by atoms with Crippen LogP contribution in [0.25, 0.3) is 0 Å². The first-order valence-corrected chi connectivity index (χ1v) is 6.26. The van der Waals surface area contributed by atoms with Crippen molar-refractivity contribution in [1.29, 1.82) is 0 Å². The van der Waals surface area contributed by atoms with E-state index in [1.165, 1.54) is 25.1 Å². The van der Waals surface area contributed by atoms with Crippen LogP contribution < -0.4 is 0 Å². The van der Waals surface area contributed by atoms with Crippen molar-refractivity contribution < 1.29 is 17.6 Å². The number of carbonyl (C=O) groups excluding carboxylic acids is 1. The number of carbonyl (C=O) groups is 1. The Bertz CT molecular complexity index is 465. The molecule has 0 aliphatic carbocycles. The molecule has 0 heterocycles. The molecule has 0 spiro atoms. The maximum atomic E-state index is 13.1. The molecule has 5 heteroatoms. The van der Waals surface area contributed by atoms with Gasteiger partial charge in [0.05, 0.1) is 5.56 Å². The van der Waals surface area contributed by atoms with Gasteiger partial charge in [-0.25, -0.2) is 12.8 Å². The first-order chi connectivity index (χ1) is 6.96. The number of sulfone groups is 1. The molecule has 0 radical (unpaired) electrons. The molecule has 1 rings (SSSR count). The van der Waals surface area contributed by atoms with Crippen molar-refractivity contribution in [2.24, 2.45) is 0 Å². The molecule has 15 heavy (non-hydrogen) atoms. The van der Waals surface area contributed by atoms with E-state index < -0.39 is 27.2 Å². The maximum Gasteiger partial charge on any atom is 0.180 e. The normalized spacial score (nSPS) is 11.3. The molecule has 1 aromatic carbocycles. The van der Waals surface area contributed by atoms with Crippen LogP contribution in [0.5, 0.6) is 0 Å². The predicted octanol–water partition coefficient (Wildman–Crippen LogP) is 1.44. The highest BCUT2D eigenvalue weighted by atomic mass is 32.2. The zero-order valence-corrected chi connectivity index (χ0v) is 9.05. The monoisotopic (exact) mass is 230 g/mol. The highest BCUT2D eigenvalue weighted by Gasteiger charge is 2.18. The van der Waals surface area contributed by atoms with Crippen LogP contribution in [0, 0.1) is 5.82 Å². The molecule has 1 aromatic rings. The van der Waals surface area contributed by atoms with Crippen LogP contribution in [0.2, 0.25) is 0 Å². The molecule has 0 aromatic heterocycles. The van der Waals surface area contributed by atoms with Gasteiger partial charge in [-0.3, -0.25) is 4.79 Å². The van der Waals surface area contributed by atoms with Gasteiger partial charge in [0.15, 0.2) is 15.6 Å². The van der Waals surface area contributed by atoms with Crippen molar-refractivity contribution in [2.75, 3.05) is 11.5 Å². The van der Waals surface area contributed by atoms with Crippen molar-refractivity contribution >= 4 is 15.6 Å². The number of rotatable bonds is 4. The Hall–Kier alpha value is -1.23. The average Bonchev–Trinajstić information content (AvgIpc) is 2.17. The summed E-state index contributed by atoms with van der Waals surface area (Å²) in [7, 11) is -3.40. The van der Waals surface area contributed by atoms with E-state index >= 15 is 0 Å². The van der Waals surface area contributed by atoms with Crippen LogP contribution >= 0.6 is 0 Å². The summed E-state index contributed by atoms with van der Waals surface area (Å²) in [5.74, 6) is -2.14. The Labute approximate surface area is 87.8 Å². The minimum atomic E-state index is -3.40. The molecular formula is C10H11FO3S. The second kappa shape index (κ2) is 4.53. The summed E-state index contributed by atoms with van der Waals surface area (Å²) in [5, 5.41) is 0. The number of halogens is 1. The minimum Gasteiger partial charge on any atom is -0.293 e. The largest absolute Gasteiger partial charge is 0.293 e. The van der Waals surface area contributed by atoms with E-state index in [1.54, 1.807) is 0 Å². The summed E-state index contributed by atoms with van der Waals surface area (Å²) in [5.41, 5.74) is -0.172. The first-order valence-electron chi connectivity index (χ1n) is 4.44. The quantitative estimate of drug-likeness (QED) is 0.735. The highest BCUT2D eigenvalue weighted by molar-refractivity contribution is 7.92. The SMILES string of the molecule is CCS(=O)(=O)CC(=O)c1ccccc1F. The summed E-state index contributed by atoms with van der Waals surface area (Å²) >= 11 is 0. The smallest absolute Gasteiger partial charge is 0.180 e. The summed E-state index contributed by atoms with van der Waals surface area (Å²) < 4.78 is 35.4. The number of ketones is 1. The van der Waals surface area contributed by atoms with Gasteiger partial charge in [-0.15, -0.1) is 0 Å². The van der Waals surface area contributed by atoms with E-state index in [0.717, 1.165) is 6.07 Å². The Morgan fingerprint density at radius 3 is 2.47 bits per heavy atom. The van der Waals surface area contributed by atoms with Gasteiger partial charge in [-0.1, -0.05) is 19.1 Å². The van der Waals surface area contributed by atoms with Crippen LogP contribution in [0.15, 0.2) is 24.3 Å². The van der Waals surface area contributed by atoms with E-state index in [9.17, 15) is 17.6 Å². The third kappa shape index (κ3) is 3.13. The Kier molecular flexibility index (Phi) is 3.57. The van der Waals surface area contributed by atoms with E-state index in [2.05, 4.69) is 0 Å². The van der Waals surface area contributed by atoms with Crippen LogP contribution in [0.3, 0.4) is 0 Å². The molecule has 0 bridgehead atoms. The fourth-order valence-electron chi connectivity index (χ4n) is 1.07. The fourth-order valence-corrected chi connectivity index (χ4v) is 1.83. The fraction of sp³-hybridized carbons (Fsp3) is 0.300. The van der Waals surface area contributed by atoms with Crippen LogP contribution in [0.4, 0.5) is 4.39 Å². The topological polar surface area (TPSA) is 51.2 Å². The Balaban J connectivity index is 2.93. The van der Waals surface area contributed by atoms with Gasteiger partial charge in [-0.2, -0.15) is 0 Å². The van der Waals surface area contributed by atoms with E-state index in [-0.39, 0.29) is 11.3 Å². The Morgan fingerprint density at radius 1 is 1.33 bits per heavy atom. The van der Waals surface area contributed by atoms with Gasteiger partial charge in [0, 0.05) is 5.75 Å². The number of Topliss-reactive ketones (excluding diaryl/α,β-unsaturated/α-hetero) is 1. The van der Waals surface area contributed by atoms with Crippen molar-refractivity contribution in [3.63, 3.8) is 0 Å². The third-order valence-electron chi connectivity index (χ3n) is 1.97. The summed E-state index contributed by atoms with van der Waals surface area (Å²) in [6.45, 7) is 1.45. The van der Waals surface area contributed by atoms with Gasteiger partial charge in [-0.05, 0) is 12.1 Å². The number of hydrogen-bond acceptors (Lipinski definition) is 3. The second-order valence-electron chi connectivity index (χ2n) is 3.08. The molecule has 82 valence electrons. The third-order valence-corrected chi connectivity index (χ3v) is 3.55. The molecular weight excluding hydrogens is 219 g/mol. The van der Waals surface area contributed by atoms with Gasteiger partial charge >= 0.3 is 0 Å². The van der Waals surface area contributed by atoms with Gasteiger partial charge in [0.25, 0.3) is 0 Å². The predicted molar refractivity (Wildman–Crippen MR) is 55.1 cm³/mol. The molecule has 0 fully saturated rings. The van der Waals surface area contributed by atoms with Crippen LogP contribution in [0.1, 0.15) is 17.3 Å². The average molecular weight is 230 g/mol. The van der Waals surface area contributed by atoms with Crippen LogP contribution in [-0.2, 0) is 9.84 Å². The molecule has 0 N–H and O–H groups in total. The molecule has 0 aliphatic rings. The zero-order valence-electron chi connectivity index (χ0n) is 8.23. The molecule has 0 unspecified atom stereocenters. The first kappa shape index (κ1) is 11.8. The lowest BCUT2D eigenvalue weighted by Gasteiger charge is -2.02. The molecule has 0 atom stereocenters. The number of benzene rings is 1. The van der Waals surface area contributed by atoms with Crippen molar-refractivity contribution in [1.82, 2.24) is 0 Å². The number of hydrogen-bond donors (Lipinski definition) is 0. The van der Waals surface area contributed by atoms with Gasteiger partial charge < -0.3 is 0 Å². The minimum absolute atomic E-state index is 0.118. The Morgan fingerprint density at radius 2 is 1.93 bits per heavy atom. The molecule has 0 saturated carbocycles. The summed E-state index contributed by atoms with van der Waals surface area (Å²) in [6.07, 6.45) is 0. The molecule has 0 amide bonds. The van der Waals surface area contributed by atoms with Gasteiger partial charge in [0.1, 0.15) is 11.6 Å². The zero-order chi connectivity index (χ0) is 11.5. The van der Waals surface area contributed by atoms with Crippen molar-refractivity contribution in [3.8, 4) is 0 Å². The van der Waals surface area contributed by atoms with Crippen molar-refractivity contribution in [3.05, 3.63) is 35.6 Å². The molecule has 0 saturated heterocycles. The lowest BCUT2D eigenvalue weighted by atomic mass is 10.1. The second-order valence-corrected chi connectivity index (χ2v) is 5.43. The summed E-state index contributed by atoms with van der Waals surface area (Å²) in [6, 6.07) is 5.35.